The number of ether oxygens (including phenoxy) is 1. The van der Waals surface area contributed by atoms with Crippen molar-refractivity contribution in [1.29, 1.82) is 0 Å². The fourth-order valence-corrected chi connectivity index (χ4v) is 1.68. The zero-order valence-electron chi connectivity index (χ0n) is 12.0. The Labute approximate surface area is 120 Å². The van der Waals surface area contributed by atoms with Crippen molar-refractivity contribution in [3.63, 3.8) is 0 Å². The van der Waals surface area contributed by atoms with Crippen molar-refractivity contribution in [1.82, 2.24) is 0 Å². The minimum Gasteiger partial charge on any atom is -0.457 e. The highest BCUT2D eigenvalue weighted by Crippen LogP contribution is 2.19. The van der Waals surface area contributed by atoms with E-state index in [0.29, 0.717) is 17.1 Å². The standard InChI is InChI=1S/C17H21NO2/c1-4-9-15(20-14-10-7-6-8-11-14)12-16(17(18)19)13(3)5-2/h4,6-13H,1,5H2,2-3H3,(H2,18,19)/b15-9+,16-12+. The molecule has 0 aromatic heterocycles. The van der Waals surface area contributed by atoms with Crippen LogP contribution in [0.3, 0.4) is 0 Å². The second kappa shape index (κ2) is 8.00. The van der Waals surface area contributed by atoms with Gasteiger partial charge in [0.25, 0.3) is 0 Å². The normalized spacial score (nSPS) is 13.7. The monoisotopic (exact) mass is 271 g/mol. The van der Waals surface area contributed by atoms with Crippen LogP contribution >= 0.6 is 0 Å². The fraction of sp³-hybridized carbons (Fsp3) is 0.235. The Bertz CT molecular complexity index is 515. The maximum Gasteiger partial charge on any atom is 0.245 e. The largest absolute Gasteiger partial charge is 0.457 e. The van der Waals surface area contributed by atoms with Crippen LogP contribution in [0.15, 0.2) is 66.5 Å². The van der Waals surface area contributed by atoms with E-state index in [2.05, 4.69) is 6.58 Å². The molecular formula is C17H21NO2. The van der Waals surface area contributed by atoms with E-state index in [9.17, 15) is 4.79 Å². The molecule has 1 amide bonds. The van der Waals surface area contributed by atoms with Crippen molar-refractivity contribution >= 4 is 5.91 Å². The molecule has 0 fully saturated rings. The molecule has 0 aliphatic rings. The molecule has 0 bridgehead atoms. The number of hydrogen-bond donors (Lipinski definition) is 1. The zero-order chi connectivity index (χ0) is 15.0. The highest BCUT2D eigenvalue weighted by atomic mass is 16.5. The molecule has 0 saturated heterocycles. The lowest BCUT2D eigenvalue weighted by molar-refractivity contribution is -0.115. The highest BCUT2D eigenvalue weighted by Gasteiger charge is 2.13. The third kappa shape index (κ3) is 4.76. The molecular weight excluding hydrogens is 250 g/mol. The third-order valence-electron chi connectivity index (χ3n) is 2.99. The van der Waals surface area contributed by atoms with Gasteiger partial charge in [-0.15, -0.1) is 0 Å². The first kappa shape index (κ1) is 15.8. The van der Waals surface area contributed by atoms with Crippen LogP contribution in [-0.2, 0) is 4.79 Å². The molecule has 0 radical (unpaired) electrons. The smallest absolute Gasteiger partial charge is 0.245 e. The van der Waals surface area contributed by atoms with Gasteiger partial charge in [-0.05, 0) is 36.6 Å². The van der Waals surface area contributed by atoms with E-state index in [1.807, 2.05) is 44.2 Å². The van der Waals surface area contributed by atoms with Crippen molar-refractivity contribution < 1.29 is 9.53 Å². The average molecular weight is 271 g/mol. The van der Waals surface area contributed by atoms with Crippen molar-refractivity contribution in [2.45, 2.75) is 20.3 Å². The van der Waals surface area contributed by atoms with Gasteiger partial charge >= 0.3 is 0 Å². The van der Waals surface area contributed by atoms with Gasteiger partial charge in [-0.2, -0.15) is 0 Å². The number of carbonyl (C=O) groups is 1. The average Bonchev–Trinajstić information content (AvgIpc) is 2.44. The molecule has 1 aromatic rings. The Morgan fingerprint density at radius 2 is 2.05 bits per heavy atom. The van der Waals surface area contributed by atoms with Gasteiger partial charge < -0.3 is 10.5 Å². The van der Waals surface area contributed by atoms with E-state index in [0.717, 1.165) is 6.42 Å². The Morgan fingerprint density at radius 1 is 1.40 bits per heavy atom. The first-order valence-electron chi connectivity index (χ1n) is 6.65. The maximum absolute atomic E-state index is 11.5. The summed E-state index contributed by atoms with van der Waals surface area (Å²) >= 11 is 0. The van der Waals surface area contributed by atoms with E-state index in [4.69, 9.17) is 10.5 Å². The summed E-state index contributed by atoms with van der Waals surface area (Å²) in [5, 5.41) is 0. The molecule has 0 aliphatic heterocycles. The third-order valence-corrected chi connectivity index (χ3v) is 2.99. The number of benzene rings is 1. The number of amides is 1. The number of allylic oxidation sites excluding steroid dienone is 3. The highest BCUT2D eigenvalue weighted by molar-refractivity contribution is 5.92. The fourth-order valence-electron chi connectivity index (χ4n) is 1.68. The molecule has 1 aromatic carbocycles. The van der Waals surface area contributed by atoms with Crippen molar-refractivity contribution in [2.24, 2.45) is 11.7 Å². The van der Waals surface area contributed by atoms with Gasteiger partial charge in [-0.25, -0.2) is 0 Å². The second-order valence-electron chi connectivity index (χ2n) is 4.49. The van der Waals surface area contributed by atoms with Gasteiger partial charge in [0.1, 0.15) is 11.5 Å². The summed E-state index contributed by atoms with van der Waals surface area (Å²) in [7, 11) is 0. The number of nitrogens with two attached hydrogens (primary N) is 1. The minimum atomic E-state index is -0.425. The molecule has 1 unspecified atom stereocenters. The van der Waals surface area contributed by atoms with Crippen molar-refractivity contribution in [2.75, 3.05) is 0 Å². The summed E-state index contributed by atoms with van der Waals surface area (Å²) in [5.41, 5.74) is 5.99. The van der Waals surface area contributed by atoms with Crippen LogP contribution in [0, 0.1) is 5.92 Å². The number of para-hydroxylation sites is 1. The molecule has 106 valence electrons. The van der Waals surface area contributed by atoms with E-state index in [-0.39, 0.29) is 5.92 Å². The van der Waals surface area contributed by atoms with Crippen LogP contribution in [-0.4, -0.2) is 5.91 Å². The molecule has 0 saturated carbocycles. The van der Waals surface area contributed by atoms with Crippen LogP contribution < -0.4 is 10.5 Å². The predicted molar refractivity (Wildman–Crippen MR) is 82.1 cm³/mol. The molecule has 1 rings (SSSR count). The van der Waals surface area contributed by atoms with E-state index < -0.39 is 5.91 Å². The summed E-state index contributed by atoms with van der Waals surface area (Å²) in [6.45, 7) is 7.63. The first-order chi connectivity index (χ1) is 9.58. The van der Waals surface area contributed by atoms with Gasteiger partial charge in [0, 0.05) is 5.57 Å². The van der Waals surface area contributed by atoms with Crippen molar-refractivity contribution in [3.05, 3.63) is 66.5 Å². The van der Waals surface area contributed by atoms with Crippen LogP contribution in [0.5, 0.6) is 5.75 Å². The molecule has 0 aliphatic carbocycles. The molecule has 0 spiro atoms. The molecule has 3 nitrogen and oxygen atoms in total. The number of rotatable bonds is 7. The van der Waals surface area contributed by atoms with E-state index in [1.165, 1.54) is 0 Å². The van der Waals surface area contributed by atoms with Gasteiger partial charge in [0.05, 0.1) is 0 Å². The minimum absolute atomic E-state index is 0.0834. The number of carbonyl (C=O) groups excluding carboxylic acids is 1. The van der Waals surface area contributed by atoms with Gasteiger partial charge in [0.2, 0.25) is 5.91 Å². The summed E-state index contributed by atoms with van der Waals surface area (Å²) in [5.74, 6) is 0.899. The van der Waals surface area contributed by atoms with Crippen molar-refractivity contribution in [3.8, 4) is 5.75 Å². The maximum atomic E-state index is 11.5. The molecule has 0 heterocycles. The summed E-state index contributed by atoms with van der Waals surface area (Å²) < 4.78 is 5.74. The summed E-state index contributed by atoms with van der Waals surface area (Å²) in [6, 6.07) is 9.37. The van der Waals surface area contributed by atoms with Crippen LogP contribution in [0.2, 0.25) is 0 Å². The molecule has 3 heteroatoms. The second-order valence-corrected chi connectivity index (χ2v) is 4.49. The Morgan fingerprint density at radius 3 is 2.55 bits per heavy atom. The van der Waals surface area contributed by atoms with Gasteiger partial charge in [0.15, 0.2) is 0 Å². The van der Waals surface area contributed by atoms with E-state index >= 15 is 0 Å². The summed E-state index contributed by atoms with van der Waals surface area (Å²) in [4.78, 5) is 11.5. The number of primary amides is 1. The topological polar surface area (TPSA) is 52.3 Å². The lowest BCUT2D eigenvalue weighted by Crippen LogP contribution is -2.19. The number of hydrogen-bond acceptors (Lipinski definition) is 2. The van der Waals surface area contributed by atoms with Crippen LogP contribution in [0.25, 0.3) is 0 Å². The SMILES string of the molecule is C=C/C=C(\C=C(\C(N)=O)C(C)CC)Oc1ccccc1. The van der Waals surface area contributed by atoms with Gasteiger partial charge in [-0.3, -0.25) is 4.79 Å². The zero-order valence-corrected chi connectivity index (χ0v) is 12.0. The van der Waals surface area contributed by atoms with Crippen LogP contribution in [0.1, 0.15) is 20.3 Å². The lowest BCUT2D eigenvalue weighted by Gasteiger charge is -2.12. The summed E-state index contributed by atoms with van der Waals surface area (Å²) in [6.07, 6.45) is 5.84. The van der Waals surface area contributed by atoms with Gasteiger partial charge in [-0.1, -0.05) is 44.7 Å². The Balaban J connectivity index is 3.04. The first-order valence-corrected chi connectivity index (χ1v) is 6.65. The quantitative estimate of drug-likeness (QED) is 0.468. The van der Waals surface area contributed by atoms with Crippen LogP contribution in [0.4, 0.5) is 0 Å². The lowest BCUT2D eigenvalue weighted by atomic mass is 9.97. The molecule has 2 N–H and O–H groups in total. The molecule has 1 atom stereocenters. The predicted octanol–water partition coefficient (Wildman–Crippen LogP) is 3.59. The molecule has 20 heavy (non-hydrogen) atoms. The Kier molecular flexibility index (Phi) is 6.30. The Hall–Kier alpha value is -2.29. The van der Waals surface area contributed by atoms with E-state index in [1.54, 1.807) is 18.2 Å².